The molecular formula is C19H22N6O3. The van der Waals surface area contributed by atoms with E-state index in [9.17, 15) is 15.0 Å². The number of hydrogen-bond donors (Lipinski definition) is 4. The first kappa shape index (κ1) is 18.2. The third kappa shape index (κ3) is 3.74. The Hall–Kier alpha value is -3.20. The van der Waals surface area contributed by atoms with Gasteiger partial charge in [-0.3, -0.25) is 4.79 Å². The molecule has 0 saturated heterocycles. The Bertz CT molecular complexity index is 1060. The molecule has 3 aromatic heterocycles. The molecule has 1 aliphatic rings. The van der Waals surface area contributed by atoms with Gasteiger partial charge in [-0.1, -0.05) is 0 Å². The second-order valence-electron chi connectivity index (χ2n) is 7.07. The number of fused-ring (bicyclic) bond motifs is 1. The van der Waals surface area contributed by atoms with Gasteiger partial charge in [0, 0.05) is 31.5 Å². The number of aromatic hydroxyl groups is 1. The van der Waals surface area contributed by atoms with Gasteiger partial charge >= 0.3 is 0 Å². The number of aryl methyl sites for hydroxylation is 1. The Balaban J connectivity index is 1.73. The summed E-state index contributed by atoms with van der Waals surface area (Å²) in [6, 6.07) is 5.12. The molecule has 0 radical (unpaired) electrons. The molecule has 9 nitrogen and oxygen atoms in total. The number of anilines is 3. The molecule has 4 N–H and O–H groups in total. The van der Waals surface area contributed by atoms with E-state index >= 15 is 0 Å². The van der Waals surface area contributed by atoms with Crippen molar-refractivity contribution in [1.82, 2.24) is 19.5 Å². The number of aromatic nitrogens is 4. The second kappa shape index (κ2) is 7.43. The molecule has 3 aromatic rings. The van der Waals surface area contributed by atoms with Crippen LogP contribution < -0.4 is 16.2 Å². The van der Waals surface area contributed by atoms with Crippen molar-refractivity contribution in [3.63, 3.8) is 0 Å². The number of rotatable bonds is 4. The fourth-order valence-corrected chi connectivity index (χ4v) is 3.46. The number of aliphatic hydroxyl groups excluding tert-OH is 1. The van der Waals surface area contributed by atoms with E-state index in [1.54, 1.807) is 19.3 Å². The molecule has 0 atom stereocenters. The maximum Gasteiger partial charge on any atom is 0.261 e. The Morgan fingerprint density at radius 2 is 1.96 bits per heavy atom. The Kier molecular flexibility index (Phi) is 4.82. The quantitative estimate of drug-likeness (QED) is 0.539. The van der Waals surface area contributed by atoms with Crippen LogP contribution in [-0.2, 0) is 7.05 Å². The normalized spacial score (nSPS) is 19.5. The topological polar surface area (TPSA) is 125 Å². The van der Waals surface area contributed by atoms with Gasteiger partial charge in [-0.25, -0.2) is 9.97 Å². The molecule has 0 bridgehead atoms. The summed E-state index contributed by atoms with van der Waals surface area (Å²) >= 11 is 0. The van der Waals surface area contributed by atoms with Crippen molar-refractivity contribution in [2.45, 2.75) is 37.8 Å². The highest BCUT2D eigenvalue weighted by molar-refractivity contribution is 5.93. The Morgan fingerprint density at radius 1 is 1.18 bits per heavy atom. The van der Waals surface area contributed by atoms with Crippen LogP contribution in [0, 0.1) is 0 Å². The summed E-state index contributed by atoms with van der Waals surface area (Å²) in [7, 11) is 1.70. The number of hydrogen-bond acceptors (Lipinski definition) is 8. The van der Waals surface area contributed by atoms with Crippen molar-refractivity contribution < 1.29 is 10.2 Å². The molecule has 1 fully saturated rings. The van der Waals surface area contributed by atoms with Crippen molar-refractivity contribution in [2.75, 3.05) is 10.6 Å². The minimum Gasteiger partial charge on any atom is -0.493 e. The van der Waals surface area contributed by atoms with Gasteiger partial charge in [0.2, 0.25) is 11.8 Å². The molecule has 0 aliphatic heterocycles. The van der Waals surface area contributed by atoms with E-state index in [4.69, 9.17) is 0 Å². The highest BCUT2D eigenvalue weighted by Gasteiger charge is 2.21. The zero-order valence-electron chi connectivity index (χ0n) is 15.5. The van der Waals surface area contributed by atoms with Gasteiger partial charge in [-0.15, -0.1) is 0 Å². The van der Waals surface area contributed by atoms with Gasteiger partial charge in [0.15, 0.2) is 0 Å². The lowest BCUT2D eigenvalue weighted by atomic mass is 9.93. The molecule has 3 heterocycles. The summed E-state index contributed by atoms with van der Waals surface area (Å²) in [6.07, 6.45) is 5.96. The zero-order chi connectivity index (χ0) is 19.7. The van der Waals surface area contributed by atoms with Gasteiger partial charge in [-0.2, -0.15) is 4.98 Å². The fourth-order valence-electron chi connectivity index (χ4n) is 3.46. The van der Waals surface area contributed by atoms with Crippen LogP contribution in [0.1, 0.15) is 25.7 Å². The lowest BCUT2D eigenvalue weighted by Gasteiger charge is -2.27. The van der Waals surface area contributed by atoms with Crippen LogP contribution in [0.3, 0.4) is 0 Å². The van der Waals surface area contributed by atoms with E-state index in [2.05, 4.69) is 25.6 Å². The van der Waals surface area contributed by atoms with Crippen molar-refractivity contribution in [2.24, 2.45) is 7.05 Å². The maximum atomic E-state index is 12.7. The first-order chi connectivity index (χ1) is 13.5. The monoisotopic (exact) mass is 382 g/mol. The van der Waals surface area contributed by atoms with Crippen molar-refractivity contribution in [3.8, 4) is 5.88 Å². The molecule has 9 heteroatoms. The van der Waals surface area contributed by atoms with Crippen molar-refractivity contribution in [1.29, 1.82) is 0 Å². The van der Waals surface area contributed by atoms with E-state index in [0.717, 1.165) is 31.1 Å². The molecule has 0 unspecified atom stereocenters. The average molecular weight is 382 g/mol. The molecule has 146 valence electrons. The van der Waals surface area contributed by atoms with Crippen LogP contribution in [-0.4, -0.2) is 41.9 Å². The minimum atomic E-state index is -0.258. The van der Waals surface area contributed by atoms with Crippen LogP contribution in [0.25, 0.3) is 10.8 Å². The van der Waals surface area contributed by atoms with E-state index in [-0.39, 0.29) is 29.5 Å². The molecular weight excluding hydrogens is 360 g/mol. The summed E-state index contributed by atoms with van der Waals surface area (Å²) in [5.74, 6) is 1.01. The SMILES string of the molecule is Cn1ccc2cc(Nc3nccc(O)n3)nc(N[C@H]3CC[C@@H](O)CC3)c2c1=O. The molecule has 0 aromatic carbocycles. The maximum absolute atomic E-state index is 12.7. The summed E-state index contributed by atoms with van der Waals surface area (Å²) in [6.45, 7) is 0. The largest absolute Gasteiger partial charge is 0.493 e. The Labute approximate surface area is 161 Å². The van der Waals surface area contributed by atoms with Crippen LogP contribution in [0.2, 0.25) is 0 Å². The van der Waals surface area contributed by atoms with Crippen LogP contribution in [0.5, 0.6) is 5.88 Å². The Morgan fingerprint density at radius 3 is 2.71 bits per heavy atom. The first-order valence-corrected chi connectivity index (χ1v) is 9.23. The lowest BCUT2D eigenvalue weighted by Crippen LogP contribution is -2.29. The van der Waals surface area contributed by atoms with Crippen molar-refractivity contribution in [3.05, 3.63) is 40.9 Å². The number of nitrogens with zero attached hydrogens (tertiary/aromatic N) is 4. The van der Waals surface area contributed by atoms with Crippen molar-refractivity contribution >= 4 is 28.4 Å². The van der Waals surface area contributed by atoms with Gasteiger partial charge in [0.25, 0.3) is 5.56 Å². The van der Waals surface area contributed by atoms with Crippen LogP contribution in [0.4, 0.5) is 17.6 Å². The zero-order valence-corrected chi connectivity index (χ0v) is 15.5. The summed E-state index contributed by atoms with van der Waals surface area (Å²) < 4.78 is 1.52. The van der Waals surface area contributed by atoms with Gasteiger partial charge in [0.1, 0.15) is 11.6 Å². The third-order valence-electron chi connectivity index (χ3n) is 4.98. The third-order valence-corrected chi connectivity index (χ3v) is 4.98. The smallest absolute Gasteiger partial charge is 0.261 e. The molecule has 0 amide bonds. The predicted octanol–water partition coefficient (Wildman–Crippen LogP) is 1.89. The van der Waals surface area contributed by atoms with E-state index in [1.165, 1.54) is 16.8 Å². The standard InChI is InChI=1S/C19H22N6O3/c1-25-9-7-11-10-14(23-19-20-8-6-15(27)24-19)22-17(16(11)18(25)28)21-12-2-4-13(26)5-3-12/h6-10,12-13,26H,2-5H2,1H3,(H3,20,21,22,23,24,27)/t12-,13+. The molecule has 1 aliphatic carbocycles. The summed E-state index contributed by atoms with van der Waals surface area (Å²) in [5.41, 5.74) is -0.136. The molecule has 0 spiro atoms. The highest BCUT2D eigenvalue weighted by Crippen LogP contribution is 2.27. The van der Waals surface area contributed by atoms with Gasteiger partial charge < -0.3 is 25.4 Å². The second-order valence-corrected chi connectivity index (χ2v) is 7.07. The summed E-state index contributed by atoms with van der Waals surface area (Å²) in [4.78, 5) is 25.3. The van der Waals surface area contributed by atoms with Crippen LogP contribution in [0.15, 0.2) is 35.4 Å². The fraction of sp³-hybridized carbons (Fsp3) is 0.368. The average Bonchev–Trinajstić information content (AvgIpc) is 2.66. The summed E-state index contributed by atoms with van der Waals surface area (Å²) in [5, 5.41) is 26.9. The number of nitrogens with one attached hydrogen (secondary N) is 2. The number of pyridine rings is 2. The molecule has 28 heavy (non-hydrogen) atoms. The predicted molar refractivity (Wildman–Crippen MR) is 106 cm³/mol. The molecule has 1 saturated carbocycles. The van der Waals surface area contributed by atoms with E-state index in [0.29, 0.717) is 17.0 Å². The minimum absolute atomic E-state index is 0.135. The van der Waals surface area contributed by atoms with Crippen LogP contribution >= 0.6 is 0 Å². The van der Waals surface area contributed by atoms with Gasteiger partial charge in [-0.05, 0) is 43.2 Å². The van der Waals surface area contributed by atoms with E-state index in [1.807, 2.05) is 6.07 Å². The van der Waals surface area contributed by atoms with E-state index < -0.39 is 0 Å². The van der Waals surface area contributed by atoms with Gasteiger partial charge in [0.05, 0.1) is 11.5 Å². The number of aliphatic hydroxyl groups is 1. The first-order valence-electron chi connectivity index (χ1n) is 9.23. The molecule has 4 rings (SSSR count). The lowest BCUT2D eigenvalue weighted by molar-refractivity contribution is 0.126. The highest BCUT2D eigenvalue weighted by atomic mass is 16.3.